The van der Waals surface area contributed by atoms with Gasteiger partial charge in [0.05, 0.1) is 23.7 Å². The Morgan fingerprint density at radius 2 is 1.93 bits per heavy atom. The molecule has 0 amide bonds. The Balaban J connectivity index is 1.82. The summed E-state index contributed by atoms with van der Waals surface area (Å²) in [5.74, 6) is -1.60. The highest BCUT2D eigenvalue weighted by Crippen LogP contribution is 2.32. The second-order valence-electron chi connectivity index (χ2n) is 5.79. The fourth-order valence-corrected chi connectivity index (χ4v) is 4.33. The molecule has 3 N–H and O–H groups in total. The largest absolute Gasteiger partial charge is 0.480 e. The number of aromatic nitrogens is 3. The van der Waals surface area contributed by atoms with Gasteiger partial charge in [-0.25, -0.2) is 12.8 Å². The van der Waals surface area contributed by atoms with E-state index in [1.54, 1.807) is 12.1 Å². The minimum Gasteiger partial charge on any atom is -0.480 e. The molecule has 0 aliphatic rings. The van der Waals surface area contributed by atoms with Crippen molar-refractivity contribution < 1.29 is 17.5 Å². The first-order chi connectivity index (χ1) is 13.4. The molecule has 0 saturated carbocycles. The van der Waals surface area contributed by atoms with E-state index in [2.05, 4.69) is 25.7 Å². The van der Waals surface area contributed by atoms with Crippen molar-refractivity contribution in [2.45, 2.75) is 4.90 Å². The lowest BCUT2D eigenvalue weighted by Gasteiger charge is -2.10. The Morgan fingerprint density at radius 3 is 2.64 bits per heavy atom. The molecule has 0 saturated heterocycles. The van der Waals surface area contributed by atoms with Crippen molar-refractivity contribution in [3.05, 3.63) is 47.0 Å². The van der Waals surface area contributed by atoms with Crippen LogP contribution in [-0.2, 0) is 10.0 Å². The molecule has 0 spiro atoms. The van der Waals surface area contributed by atoms with Crippen LogP contribution in [0.4, 0.5) is 10.2 Å². The molecule has 28 heavy (non-hydrogen) atoms. The number of nitrogens with one attached hydrogen (secondary N) is 3. The summed E-state index contributed by atoms with van der Waals surface area (Å²) in [6, 6.07) is 6.18. The molecule has 0 unspecified atom stereocenters. The number of aromatic amines is 2. The number of hydrogen-bond donors (Lipinski definition) is 3. The summed E-state index contributed by atoms with van der Waals surface area (Å²) >= 11 is 5.78. The molecule has 1 aromatic carbocycles. The number of fused-ring (bicyclic) bond motifs is 3. The zero-order valence-electron chi connectivity index (χ0n) is 14.2. The maximum atomic E-state index is 14.1. The van der Waals surface area contributed by atoms with Crippen LogP contribution in [0.2, 0.25) is 5.02 Å². The number of nitriles is 1. The highest BCUT2D eigenvalue weighted by Gasteiger charge is 2.24. The van der Waals surface area contributed by atoms with Crippen LogP contribution in [0.3, 0.4) is 0 Å². The molecule has 0 aliphatic carbocycles. The van der Waals surface area contributed by atoms with Crippen molar-refractivity contribution in [3.63, 3.8) is 0 Å². The van der Waals surface area contributed by atoms with Crippen LogP contribution < -0.4 is 9.46 Å². The Morgan fingerprint density at radius 1 is 1.25 bits per heavy atom. The van der Waals surface area contributed by atoms with Gasteiger partial charge in [-0.05, 0) is 0 Å². The Kier molecular flexibility index (Phi) is 4.14. The highest BCUT2D eigenvalue weighted by atomic mass is 35.5. The summed E-state index contributed by atoms with van der Waals surface area (Å²) in [6.45, 7) is 0. The van der Waals surface area contributed by atoms with Gasteiger partial charge in [0.2, 0.25) is 5.88 Å². The summed E-state index contributed by atoms with van der Waals surface area (Å²) in [5.41, 5.74) is 1.53. The van der Waals surface area contributed by atoms with Crippen LogP contribution in [0.15, 0.2) is 35.5 Å². The van der Waals surface area contributed by atoms with Gasteiger partial charge in [0, 0.05) is 29.2 Å². The molecule has 0 aliphatic heterocycles. The molecule has 4 aromatic rings. The quantitative estimate of drug-likeness (QED) is 0.467. The van der Waals surface area contributed by atoms with E-state index in [-0.39, 0.29) is 15.8 Å². The number of ether oxygens (including phenoxy) is 1. The van der Waals surface area contributed by atoms with E-state index in [0.29, 0.717) is 27.4 Å². The van der Waals surface area contributed by atoms with Crippen molar-refractivity contribution in [2.75, 3.05) is 11.8 Å². The molecular formula is C17H11ClFN5O3S. The lowest BCUT2D eigenvalue weighted by Crippen LogP contribution is -2.15. The van der Waals surface area contributed by atoms with Crippen LogP contribution >= 0.6 is 11.6 Å². The van der Waals surface area contributed by atoms with Gasteiger partial charge in [-0.15, -0.1) is 0 Å². The molecule has 142 valence electrons. The lowest BCUT2D eigenvalue weighted by molar-refractivity contribution is 0.397. The maximum Gasteiger partial charge on any atom is 0.265 e. The summed E-state index contributed by atoms with van der Waals surface area (Å²) in [7, 11) is -2.91. The topological polar surface area (TPSA) is 124 Å². The van der Waals surface area contributed by atoms with E-state index in [9.17, 15) is 12.8 Å². The summed E-state index contributed by atoms with van der Waals surface area (Å²) < 4.78 is 46.8. The number of methoxy groups -OCH3 is 1. The Hall–Kier alpha value is -3.29. The molecule has 3 heterocycles. The van der Waals surface area contributed by atoms with Crippen LogP contribution in [0.5, 0.6) is 5.88 Å². The van der Waals surface area contributed by atoms with Crippen molar-refractivity contribution in [1.82, 2.24) is 15.0 Å². The Bertz CT molecular complexity index is 1390. The van der Waals surface area contributed by atoms with Gasteiger partial charge in [-0.2, -0.15) is 10.2 Å². The summed E-state index contributed by atoms with van der Waals surface area (Å²) in [6.07, 6.45) is 2.82. The first-order valence-electron chi connectivity index (χ1n) is 7.80. The fraction of sp³-hybridized carbons (Fsp3) is 0.0588. The van der Waals surface area contributed by atoms with E-state index in [0.717, 1.165) is 6.07 Å². The minimum atomic E-state index is -4.19. The van der Waals surface area contributed by atoms with Gasteiger partial charge in [-0.3, -0.25) is 4.72 Å². The van der Waals surface area contributed by atoms with Crippen molar-refractivity contribution in [3.8, 4) is 11.9 Å². The standard InChI is InChI=1S/C17H11ClFN5O3S/c1-27-17-11(18)4-12(19)16(23-17)24-28(25,26)13-7-22-15-10(13)3-2-9-8(5-20)6-21-14(9)15/h2-4,6-7,21-22H,1H3,(H,23,24). The number of anilines is 1. The monoisotopic (exact) mass is 419 g/mol. The average Bonchev–Trinajstić information content (AvgIpc) is 3.27. The SMILES string of the molecule is COc1nc(NS(=O)(=O)c2c[nH]c3c2ccc2c(C#N)c[nH]c23)c(F)cc1Cl. The molecular weight excluding hydrogens is 409 g/mol. The summed E-state index contributed by atoms with van der Waals surface area (Å²) in [4.78, 5) is 9.50. The van der Waals surface area contributed by atoms with Gasteiger partial charge in [-0.1, -0.05) is 23.7 Å². The fourth-order valence-electron chi connectivity index (χ4n) is 2.93. The molecule has 4 rings (SSSR count). The highest BCUT2D eigenvalue weighted by molar-refractivity contribution is 7.93. The van der Waals surface area contributed by atoms with Crippen LogP contribution in [-0.4, -0.2) is 30.5 Å². The van der Waals surface area contributed by atoms with Crippen molar-refractivity contribution in [1.29, 1.82) is 5.26 Å². The van der Waals surface area contributed by atoms with Gasteiger partial charge in [0.15, 0.2) is 11.6 Å². The maximum absolute atomic E-state index is 14.1. The molecule has 11 heteroatoms. The van der Waals surface area contributed by atoms with Gasteiger partial charge < -0.3 is 14.7 Å². The average molecular weight is 420 g/mol. The third-order valence-electron chi connectivity index (χ3n) is 4.20. The normalized spacial score (nSPS) is 11.6. The van der Waals surface area contributed by atoms with Gasteiger partial charge in [0.25, 0.3) is 10.0 Å². The van der Waals surface area contributed by atoms with Gasteiger partial charge in [0.1, 0.15) is 16.0 Å². The predicted molar refractivity (Wildman–Crippen MR) is 101 cm³/mol. The first-order valence-corrected chi connectivity index (χ1v) is 9.66. The number of pyridine rings is 1. The Labute approximate surface area is 163 Å². The number of halogens is 2. The molecule has 3 aromatic heterocycles. The second kappa shape index (κ2) is 6.40. The van der Waals surface area contributed by atoms with E-state index in [4.69, 9.17) is 21.6 Å². The zero-order valence-corrected chi connectivity index (χ0v) is 15.7. The zero-order chi connectivity index (χ0) is 20.1. The molecule has 0 bridgehead atoms. The van der Waals surface area contributed by atoms with E-state index < -0.39 is 21.7 Å². The third kappa shape index (κ3) is 2.72. The van der Waals surface area contributed by atoms with Crippen LogP contribution in [0.1, 0.15) is 5.56 Å². The molecule has 8 nitrogen and oxygen atoms in total. The minimum absolute atomic E-state index is 0.0857. The molecule has 0 atom stereocenters. The van der Waals surface area contributed by atoms with E-state index >= 15 is 0 Å². The summed E-state index contributed by atoms with van der Waals surface area (Å²) in [5, 5.41) is 10.1. The van der Waals surface area contributed by atoms with Crippen LogP contribution in [0.25, 0.3) is 21.8 Å². The van der Waals surface area contributed by atoms with Crippen molar-refractivity contribution in [2.24, 2.45) is 0 Å². The first kappa shape index (κ1) is 18.1. The predicted octanol–water partition coefficient (Wildman–Crippen LogP) is 3.52. The van der Waals surface area contributed by atoms with E-state index in [1.165, 1.54) is 19.5 Å². The lowest BCUT2D eigenvalue weighted by atomic mass is 10.1. The molecule has 0 fully saturated rings. The number of rotatable bonds is 4. The van der Waals surface area contributed by atoms with E-state index in [1.807, 2.05) is 0 Å². The van der Waals surface area contributed by atoms with Crippen LogP contribution in [0, 0.1) is 17.1 Å². The van der Waals surface area contributed by atoms with Crippen molar-refractivity contribution >= 4 is 49.2 Å². The smallest absolute Gasteiger partial charge is 0.265 e. The number of nitrogens with zero attached hydrogens (tertiary/aromatic N) is 2. The third-order valence-corrected chi connectivity index (χ3v) is 5.85. The number of hydrogen-bond acceptors (Lipinski definition) is 5. The molecule has 0 radical (unpaired) electrons. The number of benzene rings is 1. The number of sulfonamides is 1. The number of H-pyrrole nitrogens is 2. The second-order valence-corrected chi connectivity index (χ2v) is 7.85. The van der Waals surface area contributed by atoms with Gasteiger partial charge >= 0.3 is 0 Å².